The highest BCUT2D eigenvalue weighted by molar-refractivity contribution is 5.85. The molecule has 0 spiro atoms. The molecule has 0 atom stereocenters. The molecular formula is C13H21ClN2O2. The molecule has 0 saturated heterocycles. The molecule has 0 aromatic heterocycles. The van der Waals surface area contributed by atoms with E-state index in [0.29, 0.717) is 32.5 Å². The van der Waals surface area contributed by atoms with E-state index < -0.39 is 0 Å². The number of rotatable bonds is 7. The van der Waals surface area contributed by atoms with E-state index >= 15 is 0 Å². The van der Waals surface area contributed by atoms with Crippen molar-refractivity contribution in [3.8, 4) is 5.75 Å². The normalized spacial score (nSPS) is 9.44. The van der Waals surface area contributed by atoms with Crippen molar-refractivity contribution in [2.75, 3.05) is 19.7 Å². The molecule has 1 amide bonds. The van der Waals surface area contributed by atoms with Crippen LogP contribution in [0.5, 0.6) is 5.75 Å². The Morgan fingerprint density at radius 1 is 1.44 bits per heavy atom. The molecule has 0 bridgehead atoms. The van der Waals surface area contributed by atoms with E-state index in [0.717, 1.165) is 5.75 Å². The number of nitrogens with two attached hydrogens (primary N) is 1. The fraction of sp³-hybridized carbons (Fsp3) is 0.462. The van der Waals surface area contributed by atoms with E-state index in [1.54, 1.807) is 0 Å². The third kappa shape index (κ3) is 7.14. The zero-order valence-electron chi connectivity index (χ0n) is 10.6. The number of carbonyl (C=O) groups excluding carboxylic acids is 1. The van der Waals surface area contributed by atoms with E-state index in [1.807, 2.05) is 31.2 Å². The summed E-state index contributed by atoms with van der Waals surface area (Å²) in [5, 5.41) is 2.72. The van der Waals surface area contributed by atoms with Gasteiger partial charge in [-0.05, 0) is 31.0 Å². The van der Waals surface area contributed by atoms with Crippen LogP contribution in [-0.2, 0) is 4.79 Å². The smallest absolute Gasteiger partial charge is 0.220 e. The van der Waals surface area contributed by atoms with Crippen molar-refractivity contribution >= 4 is 18.3 Å². The second-order valence-corrected chi connectivity index (χ2v) is 3.91. The van der Waals surface area contributed by atoms with Gasteiger partial charge < -0.3 is 15.8 Å². The van der Waals surface area contributed by atoms with Gasteiger partial charge in [-0.15, -0.1) is 12.4 Å². The lowest BCUT2D eigenvalue weighted by atomic mass is 10.2. The van der Waals surface area contributed by atoms with Crippen molar-refractivity contribution in [2.45, 2.75) is 19.8 Å². The largest absolute Gasteiger partial charge is 0.494 e. The molecule has 0 aliphatic rings. The highest BCUT2D eigenvalue weighted by Crippen LogP contribution is 2.12. The maximum absolute atomic E-state index is 11.2. The van der Waals surface area contributed by atoms with Gasteiger partial charge in [-0.3, -0.25) is 4.79 Å². The van der Waals surface area contributed by atoms with E-state index in [2.05, 4.69) is 5.32 Å². The van der Waals surface area contributed by atoms with Crippen LogP contribution in [0.1, 0.15) is 18.4 Å². The molecule has 4 nitrogen and oxygen atoms in total. The predicted molar refractivity (Wildman–Crippen MR) is 75.2 cm³/mol. The average Bonchev–Trinajstić information content (AvgIpc) is 2.32. The second kappa shape index (κ2) is 9.74. The molecule has 0 unspecified atom stereocenters. The van der Waals surface area contributed by atoms with Gasteiger partial charge in [0.15, 0.2) is 0 Å². The maximum atomic E-state index is 11.2. The molecule has 0 aliphatic carbocycles. The van der Waals surface area contributed by atoms with E-state index in [-0.39, 0.29) is 18.3 Å². The minimum absolute atomic E-state index is 0. The highest BCUT2D eigenvalue weighted by atomic mass is 35.5. The Bertz CT molecular complexity index is 359. The first-order valence-corrected chi connectivity index (χ1v) is 5.88. The van der Waals surface area contributed by atoms with Gasteiger partial charge in [0.2, 0.25) is 5.91 Å². The molecule has 0 aliphatic heterocycles. The Morgan fingerprint density at radius 2 is 2.22 bits per heavy atom. The van der Waals surface area contributed by atoms with Crippen LogP contribution in [-0.4, -0.2) is 25.6 Å². The summed E-state index contributed by atoms with van der Waals surface area (Å²) in [6.45, 7) is 3.59. The summed E-state index contributed by atoms with van der Waals surface area (Å²) in [5.74, 6) is 0.885. The lowest BCUT2D eigenvalue weighted by molar-refractivity contribution is -0.121. The third-order valence-corrected chi connectivity index (χ3v) is 2.27. The number of benzene rings is 1. The molecule has 1 aromatic carbocycles. The van der Waals surface area contributed by atoms with Crippen molar-refractivity contribution in [1.82, 2.24) is 5.32 Å². The number of halogens is 1. The topological polar surface area (TPSA) is 64.3 Å². The first kappa shape index (κ1) is 16.7. The number of carbonyl (C=O) groups is 1. The van der Waals surface area contributed by atoms with Gasteiger partial charge in [-0.1, -0.05) is 12.1 Å². The molecule has 0 heterocycles. The van der Waals surface area contributed by atoms with Gasteiger partial charge in [0.05, 0.1) is 6.61 Å². The molecule has 0 saturated carbocycles. The van der Waals surface area contributed by atoms with Crippen molar-refractivity contribution in [2.24, 2.45) is 5.73 Å². The number of ether oxygens (including phenoxy) is 1. The standard InChI is InChI=1S/C13H20N2O2.ClH/c1-11-4-2-5-12(10-11)17-9-3-6-13(16)15-8-7-14;/h2,4-5,10H,3,6-9,14H2,1H3,(H,15,16);1H. The van der Waals surface area contributed by atoms with Gasteiger partial charge >= 0.3 is 0 Å². The number of amides is 1. The van der Waals surface area contributed by atoms with E-state index in [9.17, 15) is 4.79 Å². The monoisotopic (exact) mass is 272 g/mol. The lowest BCUT2D eigenvalue weighted by Crippen LogP contribution is -2.29. The van der Waals surface area contributed by atoms with E-state index in [1.165, 1.54) is 5.56 Å². The first-order chi connectivity index (χ1) is 8.22. The molecule has 1 rings (SSSR count). The summed E-state index contributed by atoms with van der Waals surface area (Å²) < 4.78 is 5.54. The van der Waals surface area contributed by atoms with Crippen molar-refractivity contribution in [1.29, 1.82) is 0 Å². The highest BCUT2D eigenvalue weighted by Gasteiger charge is 2.00. The third-order valence-electron chi connectivity index (χ3n) is 2.27. The molecule has 0 fully saturated rings. The fourth-order valence-electron chi connectivity index (χ4n) is 1.43. The summed E-state index contributed by atoms with van der Waals surface area (Å²) in [4.78, 5) is 11.2. The van der Waals surface area contributed by atoms with Crippen LogP contribution in [0.3, 0.4) is 0 Å². The van der Waals surface area contributed by atoms with Gasteiger partial charge in [-0.25, -0.2) is 0 Å². The summed E-state index contributed by atoms with van der Waals surface area (Å²) >= 11 is 0. The maximum Gasteiger partial charge on any atom is 0.220 e. The molecular weight excluding hydrogens is 252 g/mol. The number of aryl methyl sites for hydroxylation is 1. The summed E-state index contributed by atoms with van der Waals surface area (Å²) in [7, 11) is 0. The molecule has 102 valence electrons. The molecule has 5 heteroatoms. The molecule has 1 aromatic rings. The Morgan fingerprint density at radius 3 is 2.89 bits per heavy atom. The fourth-order valence-corrected chi connectivity index (χ4v) is 1.43. The first-order valence-electron chi connectivity index (χ1n) is 5.88. The van der Waals surface area contributed by atoms with Crippen LogP contribution in [0.25, 0.3) is 0 Å². The second-order valence-electron chi connectivity index (χ2n) is 3.91. The van der Waals surface area contributed by atoms with Gasteiger partial charge in [-0.2, -0.15) is 0 Å². The van der Waals surface area contributed by atoms with Crippen molar-refractivity contribution in [3.05, 3.63) is 29.8 Å². The Kier molecular flexibility index (Phi) is 9.06. The lowest BCUT2D eigenvalue weighted by Gasteiger charge is -2.07. The Labute approximate surface area is 114 Å². The van der Waals surface area contributed by atoms with Crippen LogP contribution in [0.15, 0.2) is 24.3 Å². The van der Waals surface area contributed by atoms with Crippen LogP contribution in [0.2, 0.25) is 0 Å². The van der Waals surface area contributed by atoms with Gasteiger partial charge in [0.25, 0.3) is 0 Å². The number of hydrogen-bond acceptors (Lipinski definition) is 3. The average molecular weight is 273 g/mol. The van der Waals surface area contributed by atoms with Crippen LogP contribution in [0.4, 0.5) is 0 Å². The quantitative estimate of drug-likeness (QED) is 0.742. The molecule has 0 radical (unpaired) electrons. The SMILES string of the molecule is Cc1cccc(OCCCC(=O)NCCN)c1.Cl. The van der Waals surface area contributed by atoms with E-state index in [4.69, 9.17) is 10.5 Å². The van der Waals surface area contributed by atoms with Crippen LogP contribution >= 0.6 is 12.4 Å². The van der Waals surface area contributed by atoms with Crippen LogP contribution < -0.4 is 15.8 Å². The minimum Gasteiger partial charge on any atom is -0.494 e. The van der Waals surface area contributed by atoms with Gasteiger partial charge in [0.1, 0.15) is 5.75 Å². The van der Waals surface area contributed by atoms with Gasteiger partial charge in [0, 0.05) is 19.5 Å². The summed E-state index contributed by atoms with van der Waals surface area (Å²) in [6.07, 6.45) is 1.19. The molecule has 3 N–H and O–H groups in total. The van der Waals surface area contributed by atoms with Crippen molar-refractivity contribution < 1.29 is 9.53 Å². The van der Waals surface area contributed by atoms with Crippen molar-refractivity contribution in [3.63, 3.8) is 0 Å². The number of hydrogen-bond donors (Lipinski definition) is 2. The van der Waals surface area contributed by atoms with Crippen LogP contribution in [0, 0.1) is 6.92 Å². The Hall–Kier alpha value is -1.26. The predicted octanol–water partition coefficient (Wildman–Crippen LogP) is 1.65. The zero-order valence-corrected chi connectivity index (χ0v) is 11.5. The molecule has 18 heavy (non-hydrogen) atoms. The Balaban J connectivity index is 0.00000289. The number of nitrogens with one attached hydrogen (secondary N) is 1. The summed E-state index contributed by atoms with van der Waals surface area (Å²) in [5.41, 5.74) is 6.45. The summed E-state index contributed by atoms with van der Waals surface area (Å²) in [6, 6.07) is 7.88. The minimum atomic E-state index is 0. The zero-order chi connectivity index (χ0) is 12.5.